The first kappa shape index (κ1) is 29.9. The Balaban J connectivity index is 0.000000193. The average molecular weight is 555 g/mol. The molecule has 41 heavy (non-hydrogen) atoms. The molecule has 0 spiro atoms. The molecule has 9 nitrogen and oxygen atoms in total. The highest BCUT2D eigenvalue weighted by Crippen LogP contribution is 2.24. The minimum Gasteiger partial charge on any atom is -0.508 e. The Labute approximate surface area is 234 Å². The standard InChI is InChI=1S/C17H12O4.C8H8O2.C7H6O3/c1-11(18)20-14-8-7-13-9-15(12-5-3-2-4-6-12)17(19)21-16(13)10-14;9-8(10)6-7-4-2-1-3-5-7;8-4-5-1-2-6(9)3-7(5)10/h2-10H,1H3;1-5H,6H2,(H,9,10);1-4,9-10H. The van der Waals surface area contributed by atoms with Gasteiger partial charge in [-0.3, -0.25) is 14.4 Å². The number of fused-ring (bicyclic) bond motifs is 1. The molecule has 5 aromatic rings. The molecule has 0 aliphatic carbocycles. The second-order valence-corrected chi connectivity index (χ2v) is 8.52. The van der Waals surface area contributed by atoms with Gasteiger partial charge in [-0.25, -0.2) is 4.79 Å². The maximum atomic E-state index is 12.1. The Morgan fingerprint density at radius 2 is 1.51 bits per heavy atom. The Kier molecular flexibility index (Phi) is 10.5. The van der Waals surface area contributed by atoms with E-state index in [-0.39, 0.29) is 23.5 Å². The van der Waals surface area contributed by atoms with Gasteiger partial charge in [0.15, 0.2) is 6.29 Å². The van der Waals surface area contributed by atoms with Crippen molar-refractivity contribution in [2.45, 2.75) is 13.3 Å². The lowest BCUT2D eigenvalue weighted by Crippen LogP contribution is -2.04. The number of rotatable bonds is 5. The van der Waals surface area contributed by atoms with Crippen LogP contribution in [0.4, 0.5) is 0 Å². The van der Waals surface area contributed by atoms with Gasteiger partial charge in [0.1, 0.15) is 22.8 Å². The topological polar surface area (TPSA) is 151 Å². The molecule has 0 unspecified atom stereocenters. The smallest absolute Gasteiger partial charge is 0.344 e. The quantitative estimate of drug-likeness (QED) is 0.109. The summed E-state index contributed by atoms with van der Waals surface area (Å²) in [6, 6.07) is 29.0. The summed E-state index contributed by atoms with van der Waals surface area (Å²) >= 11 is 0. The van der Waals surface area contributed by atoms with Gasteiger partial charge in [0.2, 0.25) is 0 Å². The van der Waals surface area contributed by atoms with Crippen molar-refractivity contribution in [3.8, 4) is 28.4 Å². The molecule has 9 heteroatoms. The highest BCUT2D eigenvalue weighted by Gasteiger charge is 2.09. The van der Waals surface area contributed by atoms with Crippen LogP contribution in [0.2, 0.25) is 0 Å². The molecule has 0 radical (unpaired) electrons. The predicted molar refractivity (Wildman–Crippen MR) is 152 cm³/mol. The summed E-state index contributed by atoms with van der Waals surface area (Å²) < 4.78 is 10.3. The molecule has 3 N–H and O–H groups in total. The number of aromatic hydroxyl groups is 2. The highest BCUT2D eigenvalue weighted by molar-refractivity contribution is 5.83. The van der Waals surface area contributed by atoms with Gasteiger partial charge < -0.3 is 24.5 Å². The van der Waals surface area contributed by atoms with Crippen molar-refractivity contribution in [3.63, 3.8) is 0 Å². The van der Waals surface area contributed by atoms with Crippen LogP contribution in [0.5, 0.6) is 17.2 Å². The van der Waals surface area contributed by atoms with Gasteiger partial charge in [-0.1, -0.05) is 60.7 Å². The van der Waals surface area contributed by atoms with E-state index >= 15 is 0 Å². The van der Waals surface area contributed by atoms with Gasteiger partial charge in [0, 0.05) is 24.4 Å². The van der Waals surface area contributed by atoms with E-state index in [1.165, 1.54) is 25.1 Å². The van der Waals surface area contributed by atoms with Gasteiger partial charge in [0.25, 0.3) is 0 Å². The van der Waals surface area contributed by atoms with E-state index in [2.05, 4.69) is 0 Å². The summed E-state index contributed by atoms with van der Waals surface area (Å²) in [6.45, 7) is 1.32. The summed E-state index contributed by atoms with van der Waals surface area (Å²) in [7, 11) is 0. The molecule has 1 heterocycles. The zero-order valence-electron chi connectivity index (χ0n) is 21.9. The number of phenolic OH excluding ortho intramolecular Hbond substituents is 2. The van der Waals surface area contributed by atoms with Gasteiger partial charge in [-0.2, -0.15) is 0 Å². The van der Waals surface area contributed by atoms with Crippen LogP contribution in [-0.4, -0.2) is 33.5 Å². The molecule has 1 aromatic heterocycles. The highest BCUT2D eigenvalue weighted by atomic mass is 16.5. The number of aldehydes is 1. The number of aliphatic carboxylic acids is 1. The van der Waals surface area contributed by atoms with Crippen LogP contribution in [0, 0.1) is 0 Å². The number of carboxylic acid groups (broad SMARTS) is 1. The lowest BCUT2D eigenvalue weighted by Gasteiger charge is -2.04. The van der Waals surface area contributed by atoms with Crippen molar-refractivity contribution in [2.75, 3.05) is 0 Å². The Morgan fingerprint density at radius 3 is 2.10 bits per heavy atom. The van der Waals surface area contributed by atoms with Crippen LogP contribution in [0.1, 0.15) is 22.8 Å². The molecule has 0 fully saturated rings. The fraction of sp³-hybridized carbons (Fsp3) is 0.0625. The number of carbonyl (C=O) groups is 3. The third-order valence-electron chi connectivity index (χ3n) is 5.39. The zero-order chi connectivity index (χ0) is 29.8. The van der Waals surface area contributed by atoms with Crippen LogP contribution in [0.15, 0.2) is 112 Å². The van der Waals surface area contributed by atoms with Crippen molar-refractivity contribution in [1.82, 2.24) is 0 Å². The van der Waals surface area contributed by atoms with E-state index in [0.29, 0.717) is 23.2 Å². The molecule has 0 amide bonds. The number of ether oxygens (including phenoxy) is 1. The minimum absolute atomic E-state index is 0.0527. The minimum atomic E-state index is -0.786. The number of esters is 1. The van der Waals surface area contributed by atoms with E-state index < -0.39 is 17.6 Å². The Hall–Kier alpha value is -5.70. The van der Waals surface area contributed by atoms with Crippen molar-refractivity contribution in [3.05, 3.63) is 125 Å². The molecule has 0 saturated heterocycles. The Morgan fingerprint density at radius 1 is 0.854 bits per heavy atom. The summed E-state index contributed by atoms with van der Waals surface area (Å²) in [5, 5.41) is 26.8. The fourth-order valence-electron chi connectivity index (χ4n) is 3.54. The van der Waals surface area contributed by atoms with Crippen LogP contribution < -0.4 is 10.4 Å². The van der Waals surface area contributed by atoms with Crippen molar-refractivity contribution in [1.29, 1.82) is 0 Å². The van der Waals surface area contributed by atoms with Gasteiger partial charge in [-0.15, -0.1) is 0 Å². The summed E-state index contributed by atoms with van der Waals surface area (Å²) in [5.41, 5.74) is 2.29. The first-order chi connectivity index (χ1) is 19.7. The number of hydrogen-bond acceptors (Lipinski definition) is 8. The van der Waals surface area contributed by atoms with Crippen molar-refractivity contribution < 1.29 is 38.9 Å². The van der Waals surface area contributed by atoms with E-state index in [1.54, 1.807) is 30.3 Å². The first-order valence-electron chi connectivity index (χ1n) is 12.2. The predicted octanol–water partition coefficient (Wildman–Crippen LogP) is 5.61. The monoisotopic (exact) mass is 554 g/mol. The molecule has 0 atom stereocenters. The normalized spacial score (nSPS) is 9.88. The maximum absolute atomic E-state index is 12.1. The van der Waals surface area contributed by atoms with E-state index in [9.17, 15) is 19.2 Å². The third kappa shape index (κ3) is 9.22. The van der Waals surface area contributed by atoms with Crippen LogP contribution in [0.3, 0.4) is 0 Å². The number of carbonyl (C=O) groups excluding carboxylic acids is 2. The summed E-state index contributed by atoms with van der Waals surface area (Å²) in [4.78, 5) is 43.3. The van der Waals surface area contributed by atoms with Crippen LogP contribution >= 0.6 is 0 Å². The molecule has 5 rings (SSSR count). The zero-order valence-corrected chi connectivity index (χ0v) is 21.9. The van der Waals surface area contributed by atoms with E-state index in [4.69, 9.17) is 24.5 Å². The summed E-state index contributed by atoms with van der Waals surface area (Å²) in [6.07, 6.45) is 0.635. The lowest BCUT2D eigenvalue weighted by atomic mass is 10.1. The molecule has 0 saturated carbocycles. The molecular weight excluding hydrogens is 528 g/mol. The van der Waals surface area contributed by atoms with Crippen LogP contribution in [-0.2, 0) is 16.0 Å². The number of carboxylic acids is 1. The molecule has 4 aromatic carbocycles. The number of benzene rings is 4. The molecule has 0 bridgehead atoms. The molecular formula is C32H26O9. The molecule has 0 aliphatic heterocycles. The van der Waals surface area contributed by atoms with Crippen molar-refractivity contribution >= 4 is 29.2 Å². The van der Waals surface area contributed by atoms with Gasteiger partial charge in [-0.05, 0) is 41.5 Å². The maximum Gasteiger partial charge on any atom is 0.344 e. The SMILES string of the molecule is CC(=O)Oc1ccc2cc(-c3ccccc3)c(=O)oc2c1.O=C(O)Cc1ccccc1.O=Cc1ccc(O)cc1O. The summed E-state index contributed by atoms with van der Waals surface area (Å²) in [5.74, 6) is -1.10. The van der Waals surface area contributed by atoms with Crippen LogP contribution in [0.25, 0.3) is 22.1 Å². The average Bonchev–Trinajstić information content (AvgIpc) is 2.94. The molecule has 0 aliphatic rings. The Bertz CT molecular complexity index is 1690. The largest absolute Gasteiger partial charge is 0.508 e. The van der Waals surface area contributed by atoms with Gasteiger partial charge in [0.05, 0.1) is 17.5 Å². The number of hydrogen-bond donors (Lipinski definition) is 3. The lowest BCUT2D eigenvalue weighted by molar-refractivity contribution is -0.136. The van der Waals surface area contributed by atoms with E-state index in [0.717, 1.165) is 22.6 Å². The third-order valence-corrected chi connectivity index (χ3v) is 5.39. The van der Waals surface area contributed by atoms with E-state index in [1.807, 2.05) is 48.5 Å². The van der Waals surface area contributed by atoms with Gasteiger partial charge >= 0.3 is 17.6 Å². The molecule has 208 valence electrons. The van der Waals surface area contributed by atoms with Crippen molar-refractivity contribution in [2.24, 2.45) is 0 Å². The second kappa shape index (κ2) is 14.5. The fourth-order valence-corrected chi connectivity index (χ4v) is 3.54. The first-order valence-corrected chi connectivity index (χ1v) is 12.2. The number of phenols is 2. The second-order valence-electron chi connectivity index (χ2n) is 8.52.